The second-order valence-corrected chi connectivity index (χ2v) is 5.86. The van der Waals surface area contributed by atoms with Crippen molar-refractivity contribution in [2.45, 2.75) is 32.0 Å². The van der Waals surface area contributed by atoms with E-state index in [0.717, 1.165) is 18.7 Å². The third-order valence-electron chi connectivity index (χ3n) is 3.66. The molecule has 0 bridgehead atoms. The Labute approximate surface area is 155 Å². The first kappa shape index (κ1) is 22.4. The minimum atomic E-state index is -1.01. The first-order valence-electron chi connectivity index (χ1n) is 7.38. The lowest BCUT2D eigenvalue weighted by Gasteiger charge is -2.20. The van der Waals surface area contributed by atoms with Crippen LogP contribution >= 0.6 is 24.8 Å². The lowest BCUT2D eigenvalue weighted by Crippen LogP contribution is -2.51. The molecule has 0 saturated heterocycles. The molecule has 24 heavy (non-hydrogen) atoms. The maximum atomic E-state index is 11.3. The van der Waals surface area contributed by atoms with Crippen LogP contribution in [0.1, 0.15) is 23.6 Å². The maximum absolute atomic E-state index is 11.3. The van der Waals surface area contributed by atoms with Crippen molar-refractivity contribution in [2.24, 2.45) is 11.5 Å². The Bertz CT molecular complexity index is 616. The Balaban J connectivity index is 0.00000264. The van der Waals surface area contributed by atoms with Gasteiger partial charge in [0, 0.05) is 13.1 Å². The summed E-state index contributed by atoms with van der Waals surface area (Å²) in [4.78, 5) is 11.3. The summed E-state index contributed by atoms with van der Waals surface area (Å²) in [5, 5.41) is 3.41. The van der Waals surface area contributed by atoms with Crippen LogP contribution in [-0.4, -0.2) is 11.4 Å². The zero-order valence-electron chi connectivity index (χ0n) is 13.7. The van der Waals surface area contributed by atoms with Crippen LogP contribution in [0.2, 0.25) is 0 Å². The van der Waals surface area contributed by atoms with Crippen molar-refractivity contribution < 1.29 is 4.79 Å². The van der Waals surface area contributed by atoms with Gasteiger partial charge >= 0.3 is 0 Å². The molecule has 0 aliphatic carbocycles. The van der Waals surface area contributed by atoms with E-state index in [0.29, 0.717) is 6.42 Å². The summed E-state index contributed by atoms with van der Waals surface area (Å²) in [6.07, 6.45) is 0.445. The first-order valence-corrected chi connectivity index (χ1v) is 7.38. The fraction of sp³-hybridized carbons (Fsp3) is 0.278. The molecule has 2 rings (SSSR count). The van der Waals surface area contributed by atoms with Crippen molar-refractivity contribution in [2.75, 3.05) is 0 Å². The van der Waals surface area contributed by atoms with Crippen LogP contribution in [-0.2, 0) is 24.3 Å². The van der Waals surface area contributed by atoms with Crippen molar-refractivity contribution in [1.29, 1.82) is 0 Å². The van der Waals surface area contributed by atoms with E-state index in [1.54, 1.807) is 6.92 Å². The second kappa shape index (κ2) is 10.3. The molecule has 0 aliphatic heterocycles. The molecule has 0 spiro atoms. The summed E-state index contributed by atoms with van der Waals surface area (Å²) < 4.78 is 0. The number of halogens is 2. The molecule has 6 heteroatoms. The van der Waals surface area contributed by atoms with E-state index in [9.17, 15) is 4.79 Å². The van der Waals surface area contributed by atoms with E-state index in [4.69, 9.17) is 11.5 Å². The number of nitrogens with one attached hydrogen (secondary N) is 1. The number of hydrogen-bond donors (Lipinski definition) is 3. The second-order valence-electron chi connectivity index (χ2n) is 5.86. The Morgan fingerprint density at radius 2 is 1.38 bits per heavy atom. The summed E-state index contributed by atoms with van der Waals surface area (Å²) in [6.45, 7) is 3.29. The van der Waals surface area contributed by atoms with Gasteiger partial charge in [0.15, 0.2) is 0 Å². The lowest BCUT2D eigenvalue weighted by molar-refractivity contribution is -0.122. The van der Waals surface area contributed by atoms with Crippen LogP contribution in [0.3, 0.4) is 0 Å². The fourth-order valence-electron chi connectivity index (χ4n) is 2.23. The van der Waals surface area contributed by atoms with E-state index >= 15 is 0 Å². The third kappa shape index (κ3) is 6.89. The standard InChI is InChI=1S/C18H23N3O.2ClH/c1-18(20,17(19)22)11-14-7-9-16(10-8-14)13-21-12-15-5-3-2-4-6-15;;/h2-10,21H,11-13,20H2,1H3,(H2,19,22);2*1H. The predicted octanol–water partition coefficient (Wildman–Crippen LogP) is 2.57. The third-order valence-corrected chi connectivity index (χ3v) is 3.66. The largest absolute Gasteiger partial charge is 0.368 e. The Kier molecular flexibility index (Phi) is 9.63. The SMILES string of the molecule is CC(N)(Cc1ccc(CNCc2ccccc2)cc1)C(N)=O.Cl.Cl. The van der Waals surface area contributed by atoms with E-state index in [1.807, 2.05) is 42.5 Å². The molecular formula is C18H25Cl2N3O. The molecule has 0 radical (unpaired) electrons. The van der Waals surface area contributed by atoms with Gasteiger partial charge in [0.2, 0.25) is 5.91 Å². The molecular weight excluding hydrogens is 345 g/mol. The highest BCUT2D eigenvalue weighted by Crippen LogP contribution is 2.12. The molecule has 0 saturated carbocycles. The quantitative estimate of drug-likeness (QED) is 0.701. The van der Waals surface area contributed by atoms with Gasteiger partial charge in [0.25, 0.3) is 0 Å². The molecule has 1 unspecified atom stereocenters. The minimum Gasteiger partial charge on any atom is -0.368 e. The molecule has 1 atom stereocenters. The van der Waals surface area contributed by atoms with Gasteiger partial charge in [-0.15, -0.1) is 24.8 Å². The van der Waals surface area contributed by atoms with Gasteiger partial charge in [-0.1, -0.05) is 54.6 Å². The monoisotopic (exact) mass is 369 g/mol. The number of carbonyl (C=O) groups excluding carboxylic acids is 1. The molecule has 0 aromatic heterocycles. The van der Waals surface area contributed by atoms with Gasteiger partial charge in [-0.05, 0) is 30.0 Å². The number of hydrogen-bond acceptors (Lipinski definition) is 3. The molecule has 2 aromatic rings. The average molecular weight is 370 g/mol. The van der Waals surface area contributed by atoms with Gasteiger partial charge < -0.3 is 16.8 Å². The summed E-state index contributed by atoms with van der Waals surface area (Å²) in [7, 11) is 0. The number of nitrogens with two attached hydrogens (primary N) is 2. The molecule has 2 aromatic carbocycles. The van der Waals surface area contributed by atoms with E-state index in [1.165, 1.54) is 11.1 Å². The lowest BCUT2D eigenvalue weighted by atomic mass is 9.93. The Morgan fingerprint density at radius 1 is 0.917 bits per heavy atom. The van der Waals surface area contributed by atoms with Crippen molar-refractivity contribution in [1.82, 2.24) is 5.32 Å². The Hall–Kier alpha value is -1.59. The molecule has 5 N–H and O–H groups in total. The van der Waals surface area contributed by atoms with E-state index < -0.39 is 11.4 Å². The van der Waals surface area contributed by atoms with Gasteiger partial charge in [0.1, 0.15) is 0 Å². The van der Waals surface area contributed by atoms with Gasteiger partial charge in [0.05, 0.1) is 5.54 Å². The highest BCUT2D eigenvalue weighted by molar-refractivity contribution is 5.85. The van der Waals surface area contributed by atoms with Crippen LogP contribution in [0, 0.1) is 0 Å². The molecule has 4 nitrogen and oxygen atoms in total. The molecule has 0 aliphatic rings. The van der Waals surface area contributed by atoms with Gasteiger partial charge in [-0.2, -0.15) is 0 Å². The molecule has 0 fully saturated rings. The van der Waals surface area contributed by atoms with Crippen molar-refractivity contribution in [3.63, 3.8) is 0 Å². The van der Waals surface area contributed by atoms with Crippen molar-refractivity contribution in [3.8, 4) is 0 Å². The van der Waals surface area contributed by atoms with Gasteiger partial charge in [-0.25, -0.2) is 0 Å². The number of carbonyl (C=O) groups is 1. The van der Waals surface area contributed by atoms with Crippen LogP contribution < -0.4 is 16.8 Å². The highest BCUT2D eigenvalue weighted by Gasteiger charge is 2.25. The van der Waals surface area contributed by atoms with Crippen molar-refractivity contribution in [3.05, 3.63) is 71.3 Å². The molecule has 0 heterocycles. The van der Waals surface area contributed by atoms with Crippen LogP contribution in [0.25, 0.3) is 0 Å². The summed E-state index contributed by atoms with van der Waals surface area (Å²) in [5.74, 6) is -0.485. The van der Waals surface area contributed by atoms with Gasteiger partial charge in [-0.3, -0.25) is 4.79 Å². The summed E-state index contributed by atoms with van der Waals surface area (Å²) in [6, 6.07) is 18.4. The van der Waals surface area contributed by atoms with Crippen LogP contribution in [0.5, 0.6) is 0 Å². The summed E-state index contributed by atoms with van der Waals surface area (Å²) in [5.41, 5.74) is 13.6. The number of amides is 1. The minimum absolute atomic E-state index is 0. The Morgan fingerprint density at radius 3 is 1.88 bits per heavy atom. The molecule has 132 valence electrons. The predicted molar refractivity (Wildman–Crippen MR) is 103 cm³/mol. The number of primary amides is 1. The number of rotatable bonds is 7. The summed E-state index contributed by atoms with van der Waals surface area (Å²) >= 11 is 0. The van der Waals surface area contributed by atoms with Crippen LogP contribution in [0.15, 0.2) is 54.6 Å². The van der Waals surface area contributed by atoms with E-state index in [-0.39, 0.29) is 24.8 Å². The van der Waals surface area contributed by atoms with E-state index in [2.05, 4.69) is 17.4 Å². The van der Waals surface area contributed by atoms with Crippen molar-refractivity contribution >= 4 is 30.7 Å². The number of benzene rings is 2. The first-order chi connectivity index (χ1) is 10.5. The average Bonchev–Trinajstić information content (AvgIpc) is 2.50. The molecule has 1 amide bonds. The zero-order valence-corrected chi connectivity index (χ0v) is 15.3. The zero-order chi connectivity index (χ0) is 16.0. The fourth-order valence-corrected chi connectivity index (χ4v) is 2.23. The topological polar surface area (TPSA) is 81.1 Å². The van der Waals surface area contributed by atoms with Crippen LogP contribution in [0.4, 0.5) is 0 Å². The maximum Gasteiger partial charge on any atom is 0.237 e. The normalized spacial score (nSPS) is 12.4. The highest BCUT2D eigenvalue weighted by atomic mass is 35.5. The smallest absolute Gasteiger partial charge is 0.237 e.